The Morgan fingerprint density at radius 1 is 1.02 bits per heavy atom. The first kappa shape index (κ1) is 28.1. The van der Waals surface area contributed by atoms with Crippen LogP contribution in [0.25, 0.3) is 5.76 Å². The number of carbonyl (C=O) groups excluding carboxylic acids is 2. The SMILES string of the molecule is CCCCCOc1ccc([C@H]2/C(=C(\O)c3ccc4c(c3)OCCO4)C(=O)C(=O)N2CCCn2ccnc2)cc1OC. The maximum Gasteiger partial charge on any atom is 0.295 e. The third kappa shape index (κ3) is 6.01. The number of hydrogen-bond donors (Lipinski definition) is 1. The molecule has 0 unspecified atom stereocenters. The molecule has 1 aromatic heterocycles. The summed E-state index contributed by atoms with van der Waals surface area (Å²) >= 11 is 0. The largest absolute Gasteiger partial charge is 0.507 e. The molecule has 0 aliphatic carbocycles. The number of benzene rings is 2. The van der Waals surface area contributed by atoms with E-state index in [4.69, 9.17) is 18.9 Å². The Morgan fingerprint density at radius 3 is 2.61 bits per heavy atom. The van der Waals surface area contributed by atoms with Gasteiger partial charge in [-0.05, 0) is 48.7 Å². The zero-order valence-corrected chi connectivity index (χ0v) is 23.4. The zero-order chi connectivity index (χ0) is 28.8. The first-order chi connectivity index (χ1) is 20.0. The number of imidazole rings is 1. The molecule has 1 N–H and O–H groups in total. The van der Waals surface area contributed by atoms with Gasteiger partial charge in [0.15, 0.2) is 23.0 Å². The number of ether oxygens (including phenoxy) is 4. The second-order valence-corrected chi connectivity index (χ2v) is 9.97. The van der Waals surface area contributed by atoms with Crippen molar-refractivity contribution in [3.63, 3.8) is 0 Å². The Balaban J connectivity index is 1.51. The van der Waals surface area contributed by atoms with E-state index in [2.05, 4.69) is 11.9 Å². The van der Waals surface area contributed by atoms with E-state index in [-0.39, 0.29) is 11.3 Å². The van der Waals surface area contributed by atoms with Crippen molar-refractivity contribution in [3.8, 4) is 23.0 Å². The molecule has 1 atom stereocenters. The van der Waals surface area contributed by atoms with Crippen LogP contribution in [0.3, 0.4) is 0 Å². The number of carbonyl (C=O) groups is 2. The van der Waals surface area contributed by atoms with Gasteiger partial charge in [0.05, 0.1) is 31.7 Å². The predicted molar refractivity (Wildman–Crippen MR) is 151 cm³/mol. The molecular weight excluding hydrogens is 526 g/mol. The standard InChI is InChI=1S/C31H35N3O7/c1-3-4-5-15-39-23-9-7-21(18-25(23)38-2)28-27(29(35)22-8-10-24-26(19-22)41-17-16-40-24)30(36)31(37)34(28)13-6-12-33-14-11-32-20-33/h7-11,14,18-20,28,35H,3-6,12-13,15-17H2,1-2H3/b29-27+/t28-/m0/s1. The van der Waals surface area contributed by atoms with Gasteiger partial charge in [-0.25, -0.2) is 4.98 Å². The average Bonchev–Trinajstić information content (AvgIpc) is 3.61. The predicted octanol–water partition coefficient (Wildman–Crippen LogP) is 4.74. The van der Waals surface area contributed by atoms with Gasteiger partial charge in [-0.15, -0.1) is 0 Å². The van der Waals surface area contributed by atoms with Gasteiger partial charge >= 0.3 is 0 Å². The van der Waals surface area contributed by atoms with Crippen molar-refractivity contribution in [2.75, 3.05) is 33.5 Å². The molecule has 0 bridgehead atoms. The summed E-state index contributed by atoms with van der Waals surface area (Å²) in [5.41, 5.74) is 0.996. The number of fused-ring (bicyclic) bond motifs is 1. The molecule has 0 radical (unpaired) electrons. The molecule has 1 saturated heterocycles. The number of rotatable bonds is 12. The maximum absolute atomic E-state index is 13.5. The molecular formula is C31H35N3O7. The number of hydrogen-bond acceptors (Lipinski definition) is 8. The van der Waals surface area contributed by atoms with Crippen molar-refractivity contribution in [3.05, 3.63) is 71.8 Å². The molecule has 1 fully saturated rings. The number of likely N-dealkylation sites (tertiary alicyclic amines) is 1. The fourth-order valence-corrected chi connectivity index (χ4v) is 5.15. The van der Waals surface area contributed by atoms with Gasteiger partial charge in [0.1, 0.15) is 19.0 Å². The molecule has 0 spiro atoms. The highest BCUT2D eigenvalue weighted by atomic mass is 16.6. The summed E-state index contributed by atoms with van der Waals surface area (Å²) in [7, 11) is 1.55. The van der Waals surface area contributed by atoms with Gasteiger partial charge < -0.3 is 33.5 Å². The van der Waals surface area contributed by atoms with Gasteiger partial charge in [0, 0.05) is 31.0 Å². The van der Waals surface area contributed by atoms with Crippen molar-refractivity contribution in [1.29, 1.82) is 0 Å². The molecule has 10 heteroatoms. The average molecular weight is 562 g/mol. The summed E-state index contributed by atoms with van der Waals surface area (Å²) in [5.74, 6) is 0.406. The highest BCUT2D eigenvalue weighted by molar-refractivity contribution is 6.46. The first-order valence-corrected chi connectivity index (χ1v) is 14.0. The third-order valence-corrected chi connectivity index (χ3v) is 7.24. The molecule has 3 aromatic rings. The number of Topliss-reactive ketones (excluding diaryl/α,β-unsaturated/α-hetero) is 1. The number of methoxy groups -OCH3 is 1. The van der Waals surface area contributed by atoms with Crippen LogP contribution in [0.15, 0.2) is 60.7 Å². The van der Waals surface area contributed by atoms with Gasteiger partial charge in [-0.2, -0.15) is 0 Å². The Bertz CT molecular complexity index is 1420. The van der Waals surface area contributed by atoms with E-state index in [1.165, 1.54) is 4.90 Å². The Hall–Kier alpha value is -4.47. The number of aryl methyl sites for hydroxylation is 1. The number of aliphatic hydroxyl groups excluding tert-OH is 1. The van der Waals surface area contributed by atoms with E-state index in [0.717, 1.165) is 19.3 Å². The van der Waals surface area contributed by atoms with Crippen LogP contribution in [0.4, 0.5) is 0 Å². The summed E-state index contributed by atoms with van der Waals surface area (Å²) in [6, 6.07) is 9.51. The van der Waals surface area contributed by atoms with Crippen LogP contribution >= 0.6 is 0 Å². The van der Waals surface area contributed by atoms with Crippen LogP contribution in [0.5, 0.6) is 23.0 Å². The minimum atomic E-state index is -0.825. The zero-order valence-electron chi connectivity index (χ0n) is 23.4. The van der Waals surface area contributed by atoms with Gasteiger partial charge in [0.25, 0.3) is 11.7 Å². The highest BCUT2D eigenvalue weighted by Gasteiger charge is 2.46. The summed E-state index contributed by atoms with van der Waals surface area (Å²) < 4.78 is 24.8. The molecule has 3 heterocycles. The smallest absolute Gasteiger partial charge is 0.295 e. The molecule has 2 aromatic carbocycles. The van der Waals surface area contributed by atoms with Crippen molar-refractivity contribution >= 4 is 17.4 Å². The van der Waals surface area contributed by atoms with Crippen LogP contribution in [0.1, 0.15) is 49.8 Å². The van der Waals surface area contributed by atoms with E-state index in [1.54, 1.807) is 50.0 Å². The van der Waals surface area contributed by atoms with Gasteiger partial charge in [-0.3, -0.25) is 9.59 Å². The molecule has 2 aliphatic heterocycles. The van der Waals surface area contributed by atoms with Crippen LogP contribution in [-0.2, 0) is 16.1 Å². The number of amides is 1. The van der Waals surface area contributed by atoms with Crippen molar-refractivity contribution in [2.24, 2.45) is 0 Å². The lowest BCUT2D eigenvalue weighted by molar-refractivity contribution is -0.139. The molecule has 0 saturated carbocycles. The molecule has 216 valence electrons. The normalized spacial score (nSPS) is 17.6. The molecule has 5 rings (SSSR count). The topological polar surface area (TPSA) is 112 Å². The maximum atomic E-state index is 13.5. The van der Waals surface area contributed by atoms with Crippen molar-refractivity contribution in [1.82, 2.24) is 14.5 Å². The minimum absolute atomic E-state index is 0.00739. The number of unbranched alkanes of at least 4 members (excludes halogenated alkanes) is 2. The van der Waals surface area contributed by atoms with E-state index in [9.17, 15) is 14.7 Å². The van der Waals surface area contributed by atoms with E-state index in [0.29, 0.717) is 73.5 Å². The van der Waals surface area contributed by atoms with Gasteiger partial charge in [-0.1, -0.05) is 25.8 Å². The number of ketones is 1. The number of nitrogens with zero attached hydrogens (tertiary/aromatic N) is 3. The summed E-state index contributed by atoms with van der Waals surface area (Å²) in [4.78, 5) is 32.5. The molecule has 41 heavy (non-hydrogen) atoms. The lowest BCUT2D eigenvalue weighted by Gasteiger charge is -2.26. The van der Waals surface area contributed by atoms with Crippen molar-refractivity contribution < 1.29 is 33.6 Å². The number of aromatic nitrogens is 2. The molecule has 2 aliphatic rings. The summed E-state index contributed by atoms with van der Waals surface area (Å²) in [5, 5.41) is 11.5. The first-order valence-electron chi connectivity index (χ1n) is 14.0. The fourth-order valence-electron chi connectivity index (χ4n) is 5.15. The minimum Gasteiger partial charge on any atom is -0.507 e. The fraction of sp³-hybridized carbons (Fsp3) is 0.387. The van der Waals surface area contributed by atoms with E-state index >= 15 is 0 Å². The molecule has 10 nitrogen and oxygen atoms in total. The number of aliphatic hydroxyl groups is 1. The van der Waals surface area contributed by atoms with E-state index < -0.39 is 17.7 Å². The lowest BCUT2D eigenvalue weighted by Crippen LogP contribution is -2.31. The van der Waals surface area contributed by atoms with Crippen molar-refractivity contribution in [2.45, 2.75) is 45.2 Å². The summed E-state index contributed by atoms with van der Waals surface area (Å²) in [6.07, 6.45) is 8.90. The quantitative estimate of drug-likeness (QED) is 0.146. The second-order valence-electron chi connectivity index (χ2n) is 9.97. The highest BCUT2D eigenvalue weighted by Crippen LogP contribution is 2.43. The lowest BCUT2D eigenvalue weighted by atomic mass is 9.94. The Morgan fingerprint density at radius 2 is 1.85 bits per heavy atom. The monoisotopic (exact) mass is 561 g/mol. The van der Waals surface area contributed by atoms with Crippen LogP contribution in [-0.4, -0.2) is 64.7 Å². The Kier molecular flexibility index (Phi) is 8.76. The van der Waals surface area contributed by atoms with Crippen LogP contribution < -0.4 is 18.9 Å². The second kappa shape index (κ2) is 12.8. The molecule has 1 amide bonds. The third-order valence-electron chi connectivity index (χ3n) is 7.24. The summed E-state index contributed by atoms with van der Waals surface area (Å²) in [6.45, 7) is 4.41. The van der Waals surface area contributed by atoms with E-state index in [1.807, 2.05) is 16.8 Å². The van der Waals surface area contributed by atoms with Gasteiger partial charge in [0.2, 0.25) is 0 Å². The van der Waals surface area contributed by atoms with Crippen LogP contribution in [0.2, 0.25) is 0 Å². The Labute approximate surface area is 239 Å². The van der Waals surface area contributed by atoms with Crippen LogP contribution in [0, 0.1) is 0 Å².